The fraction of sp³-hybridized carbons (Fsp3) is 0.300. The van der Waals surface area contributed by atoms with Crippen LogP contribution in [0.2, 0.25) is 0 Å². The van der Waals surface area contributed by atoms with Gasteiger partial charge in [0.2, 0.25) is 0 Å². The number of nitrogens with zero attached hydrogens (tertiary/aromatic N) is 1. The highest BCUT2D eigenvalue weighted by Gasteiger charge is 2.44. The van der Waals surface area contributed by atoms with Gasteiger partial charge in [-0.1, -0.05) is 0 Å². The molecule has 1 unspecified atom stereocenters. The molecule has 0 aromatic heterocycles. The van der Waals surface area contributed by atoms with E-state index in [0.717, 1.165) is 0 Å². The SMILES string of the molecule is O=C1Nc2cc(C(F)(F)F)cc(C(F)(F)F)c2NC1[N+](=O)[O-]. The number of carbonyl (C=O) groups is 1. The van der Waals surface area contributed by atoms with Gasteiger partial charge in [-0.2, -0.15) is 26.3 Å². The van der Waals surface area contributed by atoms with Crippen LogP contribution in [-0.2, 0) is 17.1 Å². The Morgan fingerprint density at radius 3 is 2.14 bits per heavy atom. The molecule has 120 valence electrons. The number of amides is 1. The van der Waals surface area contributed by atoms with Crippen LogP contribution in [0.4, 0.5) is 37.7 Å². The molecule has 0 bridgehead atoms. The molecule has 12 heteroatoms. The fourth-order valence-corrected chi connectivity index (χ4v) is 1.84. The summed E-state index contributed by atoms with van der Waals surface area (Å²) in [5, 5.41) is 14.0. The van der Waals surface area contributed by atoms with Gasteiger partial charge in [-0.25, -0.2) is 0 Å². The van der Waals surface area contributed by atoms with Crippen LogP contribution in [-0.4, -0.2) is 17.0 Å². The molecule has 0 aliphatic carbocycles. The Bertz CT molecular complexity index is 655. The Morgan fingerprint density at radius 2 is 1.68 bits per heavy atom. The molecule has 22 heavy (non-hydrogen) atoms. The molecular weight excluding hydrogens is 324 g/mol. The Labute approximate surface area is 117 Å². The number of hydrogen-bond donors (Lipinski definition) is 2. The van der Waals surface area contributed by atoms with Gasteiger partial charge < -0.3 is 10.6 Å². The number of alkyl halides is 6. The van der Waals surface area contributed by atoms with Crippen molar-refractivity contribution in [3.05, 3.63) is 33.4 Å². The van der Waals surface area contributed by atoms with Crippen molar-refractivity contribution in [1.82, 2.24) is 0 Å². The van der Waals surface area contributed by atoms with Gasteiger partial charge in [-0.3, -0.25) is 14.9 Å². The van der Waals surface area contributed by atoms with Crippen molar-refractivity contribution in [3.8, 4) is 0 Å². The lowest BCUT2D eigenvalue weighted by atomic mass is 10.0. The summed E-state index contributed by atoms with van der Waals surface area (Å²) in [6.45, 7) is 0. The highest BCUT2D eigenvalue weighted by atomic mass is 19.4. The first-order chi connectivity index (χ1) is 9.91. The maximum absolute atomic E-state index is 12.9. The molecule has 1 heterocycles. The van der Waals surface area contributed by atoms with Gasteiger partial charge in [0.25, 0.3) is 0 Å². The second kappa shape index (κ2) is 4.74. The smallest absolute Gasteiger partial charge is 0.316 e. The second-order valence-electron chi connectivity index (χ2n) is 4.26. The van der Waals surface area contributed by atoms with Crippen molar-refractivity contribution < 1.29 is 36.1 Å². The molecule has 2 rings (SSSR count). The number of nitro groups is 1. The van der Waals surface area contributed by atoms with E-state index in [2.05, 4.69) is 0 Å². The summed E-state index contributed by atoms with van der Waals surface area (Å²) in [6, 6.07) is 0.0892. The van der Waals surface area contributed by atoms with Crippen LogP contribution < -0.4 is 10.6 Å². The Kier molecular flexibility index (Phi) is 3.42. The molecule has 0 saturated carbocycles. The van der Waals surface area contributed by atoms with E-state index >= 15 is 0 Å². The fourth-order valence-electron chi connectivity index (χ4n) is 1.84. The number of anilines is 2. The third-order valence-corrected chi connectivity index (χ3v) is 2.77. The summed E-state index contributed by atoms with van der Waals surface area (Å²) in [5.74, 6) is -1.37. The number of halogens is 6. The normalized spacial score (nSPS) is 18.3. The van der Waals surface area contributed by atoms with Gasteiger partial charge in [0.1, 0.15) is 0 Å². The van der Waals surface area contributed by atoms with Crippen molar-refractivity contribution in [1.29, 1.82) is 0 Å². The second-order valence-corrected chi connectivity index (χ2v) is 4.26. The molecule has 0 spiro atoms. The lowest BCUT2D eigenvalue weighted by Gasteiger charge is -2.26. The third-order valence-electron chi connectivity index (χ3n) is 2.77. The molecule has 2 N–H and O–H groups in total. The van der Waals surface area contributed by atoms with Gasteiger partial charge in [-0.15, -0.1) is 0 Å². The topological polar surface area (TPSA) is 84.3 Å². The summed E-state index contributed by atoms with van der Waals surface area (Å²) >= 11 is 0. The molecule has 1 aromatic carbocycles. The highest BCUT2D eigenvalue weighted by molar-refractivity contribution is 6.02. The molecule has 6 nitrogen and oxygen atoms in total. The van der Waals surface area contributed by atoms with Crippen molar-refractivity contribution in [2.24, 2.45) is 0 Å². The Morgan fingerprint density at radius 1 is 1.09 bits per heavy atom. The summed E-state index contributed by atoms with van der Waals surface area (Å²) in [6.07, 6.45) is -12.5. The van der Waals surface area contributed by atoms with E-state index in [-0.39, 0.29) is 12.1 Å². The summed E-state index contributed by atoms with van der Waals surface area (Å²) in [7, 11) is 0. The standard InChI is InChI=1S/C10H5F6N3O3/c11-9(12,13)3-1-4(10(14,15)16)6-5(2-3)17-8(20)7(18-6)19(21)22/h1-2,7,18H,(H,17,20). The zero-order chi connectivity index (χ0) is 16.9. The summed E-state index contributed by atoms with van der Waals surface area (Å²) < 4.78 is 76.5. The number of hydrogen-bond acceptors (Lipinski definition) is 4. The predicted molar refractivity (Wildman–Crippen MR) is 59.5 cm³/mol. The number of rotatable bonds is 1. The van der Waals surface area contributed by atoms with Gasteiger partial charge >= 0.3 is 24.4 Å². The van der Waals surface area contributed by atoms with Gasteiger partial charge in [0.15, 0.2) is 0 Å². The van der Waals surface area contributed by atoms with E-state index in [0.29, 0.717) is 0 Å². The van der Waals surface area contributed by atoms with Crippen LogP contribution in [0.1, 0.15) is 11.1 Å². The first kappa shape index (κ1) is 15.9. The maximum Gasteiger partial charge on any atom is 0.418 e. The van der Waals surface area contributed by atoms with Crippen LogP contribution in [0.3, 0.4) is 0 Å². The summed E-state index contributed by atoms with van der Waals surface area (Å²) in [5.41, 5.74) is -5.21. The zero-order valence-electron chi connectivity index (χ0n) is 10.2. The van der Waals surface area contributed by atoms with E-state index in [1.54, 1.807) is 10.6 Å². The molecular formula is C10H5F6N3O3. The largest absolute Gasteiger partial charge is 0.418 e. The van der Waals surface area contributed by atoms with Crippen LogP contribution >= 0.6 is 0 Å². The van der Waals surface area contributed by atoms with Gasteiger partial charge in [0, 0.05) is 0 Å². The molecule has 0 radical (unpaired) electrons. The molecule has 1 aliphatic heterocycles. The third kappa shape index (κ3) is 2.76. The molecule has 0 saturated heterocycles. The first-order valence-electron chi connectivity index (χ1n) is 5.44. The predicted octanol–water partition coefficient (Wildman–Crippen LogP) is 2.69. The van der Waals surface area contributed by atoms with Gasteiger partial charge in [-0.05, 0) is 12.1 Å². The van der Waals surface area contributed by atoms with Crippen molar-refractivity contribution in [3.63, 3.8) is 0 Å². The lowest BCUT2D eigenvalue weighted by molar-refractivity contribution is -0.500. The molecule has 1 aliphatic rings. The van der Waals surface area contributed by atoms with E-state index in [4.69, 9.17) is 0 Å². The van der Waals surface area contributed by atoms with Crippen LogP contribution in [0.15, 0.2) is 12.1 Å². The number of carbonyl (C=O) groups excluding carboxylic acids is 1. The first-order valence-corrected chi connectivity index (χ1v) is 5.44. The zero-order valence-corrected chi connectivity index (χ0v) is 10.2. The number of fused-ring (bicyclic) bond motifs is 1. The summed E-state index contributed by atoms with van der Waals surface area (Å²) in [4.78, 5) is 20.7. The molecule has 1 aromatic rings. The molecule has 1 amide bonds. The lowest BCUT2D eigenvalue weighted by Crippen LogP contribution is -2.45. The average molecular weight is 329 g/mol. The van der Waals surface area contributed by atoms with E-state index < -0.39 is 51.9 Å². The molecule has 0 fully saturated rings. The van der Waals surface area contributed by atoms with Crippen molar-refractivity contribution in [2.45, 2.75) is 18.5 Å². The minimum atomic E-state index is -5.21. The number of benzene rings is 1. The van der Waals surface area contributed by atoms with E-state index in [1.165, 1.54) is 0 Å². The quantitative estimate of drug-likeness (QED) is 0.471. The minimum Gasteiger partial charge on any atom is -0.316 e. The van der Waals surface area contributed by atoms with Crippen LogP contribution in [0.25, 0.3) is 0 Å². The average Bonchev–Trinajstić information content (AvgIpc) is 2.33. The van der Waals surface area contributed by atoms with Crippen LogP contribution in [0, 0.1) is 10.1 Å². The van der Waals surface area contributed by atoms with Crippen LogP contribution in [0.5, 0.6) is 0 Å². The Balaban J connectivity index is 2.66. The van der Waals surface area contributed by atoms with Crippen molar-refractivity contribution in [2.75, 3.05) is 10.6 Å². The van der Waals surface area contributed by atoms with E-state index in [9.17, 15) is 41.3 Å². The Hall–Kier alpha value is -2.53. The monoisotopic (exact) mass is 329 g/mol. The number of nitrogens with one attached hydrogen (secondary N) is 2. The molecule has 1 atom stereocenters. The minimum absolute atomic E-state index is 0.180. The maximum atomic E-state index is 12.9. The van der Waals surface area contributed by atoms with E-state index in [1.807, 2.05) is 0 Å². The van der Waals surface area contributed by atoms with Crippen molar-refractivity contribution >= 4 is 17.3 Å². The highest BCUT2D eigenvalue weighted by Crippen LogP contribution is 2.44. The van der Waals surface area contributed by atoms with Gasteiger partial charge in [0.05, 0.1) is 27.4 Å².